The Morgan fingerprint density at radius 1 is 1.28 bits per heavy atom. The molecule has 1 N–H and O–H groups in total. The Morgan fingerprint density at radius 3 is 2.79 bits per heavy atom. The number of benzene rings is 1. The van der Waals surface area contributed by atoms with E-state index in [9.17, 15) is 4.79 Å². The van der Waals surface area contributed by atoms with Gasteiger partial charge < -0.3 is 10.1 Å². The van der Waals surface area contributed by atoms with E-state index in [2.05, 4.69) is 47.7 Å². The average Bonchev–Trinajstić information content (AvgIpc) is 3.00. The summed E-state index contributed by atoms with van der Waals surface area (Å²) in [6, 6.07) is 10.9. The highest BCUT2D eigenvalue weighted by Gasteiger charge is 2.13. The molecule has 2 aromatic heterocycles. The third kappa shape index (κ3) is 5.39. The van der Waals surface area contributed by atoms with Crippen LogP contribution in [0.2, 0.25) is 25.7 Å². The Kier molecular flexibility index (Phi) is 6.29. The van der Waals surface area contributed by atoms with Gasteiger partial charge in [0.2, 0.25) is 5.91 Å². The molecule has 152 valence electrons. The second kappa shape index (κ2) is 8.71. The molecule has 29 heavy (non-hydrogen) atoms. The lowest BCUT2D eigenvalue weighted by Gasteiger charge is -2.15. The summed E-state index contributed by atoms with van der Waals surface area (Å²) >= 11 is 0. The number of anilines is 1. The Morgan fingerprint density at radius 2 is 2.07 bits per heavy atom. The summed E-state index contributed by atoms with van der Waals surface area (Å²) in [7, 11) is -1.10. The van der Waals surface area contributed by atoms with Gasteiger partial charge >= 0.3 is 0 Å². The van der Waals surface area contributed by atoms with Crippen LogP contribution in [-0.2, 0) is 16.3 Å². The first-order valence-corrected chi connectivity index (χ1v) is 13.4. The summed E-state index contributed by atoms with van der Waals surface area (Å²) in [5.74, 6) is -0.246. The summed E-state index contributed by atoms with van der Waals surface area (Å²) in [5.41, 5.74) is 4.42. The standard InChI is InChI=1S/C22H28N4O2Si/c1-6-22(27)24-18-9-10-23-20(14-18)17-7-8-21-19(13-17)16(2)25-26(21)15-28-11-12-29(3,4)5/h6-10,13-14H,1,11-12,15H2,2-5H3,(H,23,24,27). The van der Waals surface area contributed by atoms with Gasteiger partial charge in [-0.05, 0) is 43.3 Å². The highest BCUT2D eigenvalue weighted by molar-refractivity contribution is 6.76. The van der Waals surface area contributed by atoms with Crippen molar-refractivity contribution in [3.63, 3.8) is 0 Å². The monoisotopic (exact) mass is 408 g/mol. The number of aromatic nitrogens is 3. The van der Waals surface area contributed by atoms with Gasteiger partial charge in [0.05, 0.1) is 16.9 Å². The maximum Gasteiger partial charge on any atom is 0.247 e. The van der Waals surface area contributed by atoms with Gasteiger partial charge in [0.25, 0.3) is 0 Å². The largest absolute Gasteiger partial charge is 0.360 e. The lowest BCUT2D eigenvalue weighted by atomic mass is 10.1. The van der Waals surface area contributed by atoms with Crippen molar-refractivity contribution in [1.29, 1.82) is 0 Å². The molecule has 0 saturated carbocycles. The van der Waals surface area contributed by atoms with E-state index in [1.807, 2.05) is 29.8 Å². The number of hydrogen-bond donors (Lipinski definition) is 1. The lowest BCUT2D eigenvalue weighted by molar-refractivity contribution is -0.111. The second-order valence-electron chi connectivity index (χ2n) is 8.29. The molecule has 0 atom stereocenters. The second-order valence-corrected chi connectivity index (χ2v) is 13.9. The van der Waals surface area contributed by atoms with Crippen LogP contribution in [-0.4, -0.2) is 35.4 Å². The number of ether oxygens (including phenoxy) is 1. The predicted molar refractivity (Wildman–Crippen MR) is 121 cm³/mol. The van der Waals surface area contributed by atoms with Crippen LogP contribution in [0, 0.1) is 6.92 Å². The first-order chi connectivity index (χ1) is 13.8. The molecule has 0 saturated heterocycles. The Bertz CT molecular complexity index is 1040. The summed E-state index contributed by atoms with van der Waals surface area (Å²) in [5, 5.41) is 8.48. The number of hydrogen-bond acceptors (Lipinski definition) is 4. The van der Waals surface area contributed by atoms with Crippen molar-refractivity contribution in [2.45, 2.75) is 39.3 Å². The molecule has 0 aliphatic rings. The number of aryl methyl sites for hydroxylation is 1. The van der Waals surface area contributed by atoms with Gasteiger partial charge in [-0.3, -0.25) is 9.78 Å². The molecule has 0 bridgehead atoms. The Labute approximate surface area is 172 Å². The molecular formula is C22H28N4O2Si. The highest BCUT2D eigenvalue weighted by Crippen LogP contribution is 2.27. The highest BCUT2D eigenvalue weighted by atomic mass is 28.3. The molecule has 7 heteroatoms. The fraction of sp³-hybridized carbons (Fsp3) is 0.318. The van der Waals surface area contributed by atoms with Crippen molar-refractivity contribution < 1.29 is 9.53 Å². The molecule has 0 unspecified atom stereocenters. The van der Waals surface area contributed by atoms with Gasteiger partial charge in [0, 0.05) is 37.5 Å². The minimum Gasteiger partial charge on any atom is -0.360 e. The Hall–Kier alpha value is -2.77. The van der Waals surface area contributed by atoms with Crippen LogP contribution in [0.3, 0.4) is 0 Å². The van der Waals surface area contributed by atoms with Crippen molar-refractivity contribution in [2.24, 2.45) is 0 Å². The lowest BCUT2D eigenvalue weighted by Crippen LogP contribution is -2.22. The molecule has 3 rings (SSSR count). The molecule has 0 radical (unpaired) electrons. The quantitative estimate of drug-likeness (QED) is 0.329. The summed E-state index contributed by atoms with van der Waals surface area (Å²) in [6.07, 6.45) is 2.93. The number of carbonyl (C=O) groups is 1. The first kappa shape index (κ1) is 20.9. The van der Waals surface area contributed by atoms with E-state index in [4.69, 9.17) is 4.74 Å². The molecule has 0 fully saturated rings. The van der Waals surface area contributed by atoms with Crippen LogP contribution in [0.4, 0.5) is 5.69 Å². The molecule has 0 aliphatic carbocycles. The van der Waals surface area contributed by atoms with E-state index in [1.165, 1.54) is 6.08 Å². The van der Waals surface area contributed by atoms with Crippen LogP contribution < -0.4 is 5.32 Å². The minimum absolute atomic E-state index is 0.246. The Balaban J connectivity index is 1.80. The van der Waals surface area contributed by atoms with Gasteiger partial charge in [0.15, 0.2) is 0 Å². The number of pyridine rings is 1. The predicted octanol–water partition coefficient (Wildman–Crippen LogP) is 4.84. The van der Waals surface area contributed by atoms with Gasteiger partial charge in [-0.2, -0.15) is 5.10 Å². The van der Waals surface area contributed by atoms with Gasteiger partial charge in [-0.1, -0.05) is 32.3 Å². The third-order valence-corrected chi connectivity index (χ3v) is 6.36. The summed E-state index contributed by atoms with van der Waals surface area (Å²) < 4.78 is 7.78. The molecule has 2 heterocycles. The molecular weight excluding hydrogens is 380 g/mol. The molecule has 1 aromatic carbocycles. The maximum atomic E-state index is 11.5. The van der Waals surface area contributed by atoms with Crippen LogP contribution in [0.15, 0.2) is 49.2 Å². The van der Waals surface area contributed by atoms with Gasteiger partial charge in [0.1, 0.15) is 6.73 Å². The molecule has 6 nitrogen and oxygen atoms in total. The fourth-order valence-corrected chi connectivity index (χ4v) is 3.74. The van der Waals surface area contributed by atoms with Crippen LogP contribution >= 0.6 is 0 Å². The van der Waals surface area contributed by atoms with Crippen molar-refractivity contribution >= 4 is 30.6 Å². The topological polar surface area (TPSA) is 69.0 Å². The molecule has 0 aliphatic heterocycles. The van der Waals surface area contributed by atoms with Crippen molar-refractivity contribution in [3.8, 4) is 11.3 Å². The van der Waals surface area contributed by atoms with E-state index in [1.54, 1.807) is 12.3 Å². The van der Waals surface area contributed by atoms with E-state index < -0.39 is 8.07 Å². The first-order valence-electron chi connectivity index (χ1n) is 9.71. The number of nitrogens with zero attached hydrogens (tertiary/aromatic N) is 3. The van der Waals surface area contributed by atoms with E-state index in [0.29, 0.717) is 12.4 Å². The average molecular weight is 409 g/mol. The number of fused-ring (bicyclic) bond motifs is 1. The molecule has 3 aromatic rings. The van der Waals surface area contributed by atoms with Gasteiger partial charge in [-0.25, -0.2) is 4.68 Å². The number of rotatable bonds is 8. The van der Waals surface area contributed by atoms with E-state index in [0.717, 1.165) is 40.5 Å². The SMILES string of the molecule is C=CC(=O)Nc1ccnc(-c2ccc3c(c2)c(C)nn3COCC[Si](C)(C)C)c1. The normalized spacial score (nSPS) is 11.6. The van der Waals surface area contributed by atoms with Crippen molar-refractivity contribution in [2.75, 3.05) is 11.9 Å². The summed E-state index contributed by atoms with van der Waals surface area (Å²) in [4.78, 5) is 16.0. The molecule has 0 spiro atoms. The smallest absolute Gasteiger partial charge is 0.247 e. The van der Waals surface area contributed by atoms with E-state index >= 15 is 0 Å². The summed E-state index contributed by atoms with van der Waals surface area (Å²) in [6.45, 7) is 13.7. The fourth-order valence-electron chi connectivity index (χ4n) is 2.99. The zero-order chi connectivity index (χ0) is 21.0. The van der Waals surface area contributed by atoms with E-state index in [-0.39, 0.29) is 5.91 Å². The van der Waals surface area contributed by atoms with Crippen molar-refractivity contribution in [3.05, 3.63) is 54.9 Å². The minimum atomic E-state index is -1.10. The van der Waals surface area contributed by atoms with Gasteiger partial charge in [-0.15, -0.1) is 0 Å². The number of amides is 1. The number of nitrogens with one attached hydrogen (secondary N) is 1. The molecule has 1 amide bonds. The van der Waals surface area contributed by atoms with Crippen molar-refractivity contribution in [1.82, 2.24) is 14.8 Å². The van der Waals surface area contributed by atoms with Crippen LogP contribution in [0.5, 0.6) is 0 Å². The number of carbonyl (C=O) groups excluding carboxylic acids is 1. The third-order valence-electron chi connectivity index (χ3n) is 4.65. The zero-order valence-corrected chi connectivity index (χ0v) is 18.5. The van der Waals surface area contributed by atoms with Crippen LogP contribution in [0.1, 0.15) is 5.69 Å². The zero-order valence-electron chi connectivity index (χ0n) is 17.5. The van der Waals surface area contributed by atoms with Crippen LogP contribution in [0.25, 0.3) is 22.2 Å². The maximum absolute atomic E-state index is 11.5.